The van der Waals surface area contributed by atoms with Gasteiger partial charge in [0.05, 0.1) is 36.9 Å². The minimum Gasteiger partial charge on any atom is -0.497 e. The number of pyridine rings is 1. The Bertz CT molecular complexity index is 1150. The molecule has 146 valence electrons. The molecule has 0 fully saturated rings. The predicted molar refractivity (Wildman–Crippen MR) is 104 cm³/mol. The fraction of sp³-hybridized carbons (Fsp3) is 0.263. The zero-order valence-corrected chi connectivity index (χ0v) is 15.7. The van der Waals surface area contributed by atoms with E-state index in [4.69, 9.17) is 9.47 Å². The molecule has 0 spiro atoms. The molecule has 0 radical (unpaired) electrons. The zero-order valence-electron chi connectivity index (χ0n) is 15.7. The zero-order chi connectivity index (χ0) is 20.3. The fourth-order valence-electron chi connectivity index (χ4n) is 2.81. The number of nitrogens with one attached hydrogen (secondary N) is 2. The Morgan fingerprint density at radius 3 is 2.75 bits per heavy atom. The van der Waals surface area contributed by atoms with E-state index in [1.54, 1.807) is 31.2 Å². The van der Waals surface area contributed by atoms with Gasteiger partial charge >= 0.3 is 5.69 Å². The highest BCUT2D eigenvalue weighted by atomic mass is 16.5. The van der Waals surface area contributed by atoms with E-state index in [2.05, 4.69) is 15.3 Å². The van der Waals surface area contributed by atoms with Crippen molar-refractivity contribution in [1.29, 1.82) is 0 Å². The smallest absolute Gasteiger partial charge is 0.330 e. The van der Waals surface area contributed by atoms with E-state index in [0.29, 0.717) is 17.1 Å². The summed E-state index contributed by atoms with van der Waals surface area (Å²) in [5.41, 5.74) is 0.206. The number of benzene rings is 1. The Kier molecular flexibility index (Phi) is 5.55. The lowest BCUT2D eigenvalue weighted by molar-refractivity contribution is 0.102. The third-order valence-corrected chi connectivity index (χ3v) is 4.25. The molecule has 1 amide bonds. The number of amides is 1. The van der Waals surface area contributed by atoms with Gasteiger partial charge in [0, 0.05) is 18.9 Å². The summed E-state index contributed by atoms with van der Waals surface area (Å²) >= 11 is 0. The monoisotopic (exact) mass is 384 g/mol. The number of hydrogen-bond acceptors (Lipinski definition) is 6. The van der Waals surface area contributed by atoms with Gasteiger partial charge in [-0.1, -0.05) is 6.07 Å². The molecule has 3 rings (SSSR count). The Labute approximate surface area is 159 Å². The van der Waals surface area contributed by atoms with Crippen LogP contribution in [0.25, 0.3) is 11.0 Å². The first kappa shape index (κ1) is 19.3. The van der Waals surface area contributed by atoms with Crippen molar-refractivity contribution in [3.05, 3.63) is 62.4 Å². The molecule has 2 heterocycles. The molecule has 0 atom stereocenters. The number of rotatable bonds is 6. The van der Waals surface area contributed by atoms with E-state index in [0.717, 1.165) is 0 Å². The molecule has 9 nitrogen and oxygen atoms in total. The number of carbonyl (C=O) groups excluding carboxylic acids is 1. The SMILES string of the molecule is COCCn1c(=O)[nH]c(=O)c2cc(C(=O)Nc3cccc(OC)c3)c(C)nc21. The number of nitrogens with zero attached hydrogens (tertiary/aromatic N) is 2. The highest BCUT2D eigenvalue weighted by molar-refractivity contribution is 6.06. The van der Waals surface area contributed by atoms with Crippen LogP contribution in [-0.4, -0.2) is 41.3 Å². The summed E-state index contributed by atoms with van der Waals surface area (Å²) in [6, 6.07) is 8.35. The van der Waals surface area contributed by atoms with E-state index in [-0.39, 0.29) is 29.7 Å². The highest BCUT2D eigenvalue weighted by Crippen LogP contribution is 2.19. The molecule has 2 aromatic heterocycles. The molecule has 28 heavy (non-hydrogen) atoms. The Hall–Kier alpha value is -3.46. The van der Waals surface area contributed by atoms with Crippen molar-refractivity contribution in [2.75, 3.05) is 26.1 Å². The second-order valence-corrected chi connectivity index (χ2v) is 6.08. The first-order valence-corrected chi connectivity index (χ1v) is 8.53. The predicted octanol–water partition coefficient (Wildman–Crippen LogP) is 1.30. The number of aromatic nitrogens is 3. The second kappa shape index (κ2) is 8.05. The van der Waals surface area contributed by atoms with Gasteiger partial charge in [0.25, 0.3) is 11.5 Å². The highest BCUT2D eigenvalue weighted by Gasteiger charge is 2.16. The van der Waals surface area contributed by atoms with Crippen molar-refractivity contribution in [3.8, 4) is 5.75 Å². The molecule has 0 unspecified atom stereocenters. The fourth-order valence-corrected chi connectivity index (χ4v) is 2.81. The summed E-state index contributed by atoms with van der Waals surface area (Å²) in [7, 11) is 3.05. The van der Waals surface area contributed by atoms with Crippen LogP contribution < -0.4 is 21.3 Å². The molecule has 0 bridgehead atoms. The second-order valence-electron chi connectivity index (χ2n) is 6.08. The molecular weight excluding hydrogens is 364 g/mol. The van der Waals surface area contributed by atoms with Crippen LogP contribution in [-0.2, 0) is 11.3 Å². The lowest BCUT2D eigenvalue weighted by Gasteiger charge is -2.12. The van der Waals surface area contributed by atoms with Crippen molar-refractivity contribution in [2.24, 2.45) is 0 Å². The first-order chi connectivity index (χ1) is 13.4. The third-order valence-electron chi connectivity index (χ3n) is 4.25. The number of carbonyl (C=O) groups is 1. The van der Waals surface area contributed by atoms with E-state index >= 15 is 0 Å². The van der Waals surface area contributed by atoms with Crippen molar-refractivity contribution >= 4 is 22.6 Å². The van der Waals surface area contributed by atoms with Gasteiger partial charge < -0.3 is 14.8 Å². The summed E-state index contributed by atoms with van der Waals surface area (Å²) in [5.74, 6) is 0.180. The molecule has 0 saturated carbocycles. The van der Waals surface area contributed by atoms with Gasteiger partial charge in [0.1, 0.15) is 11.4 Å². The number of aryl methyl sites for hydroxylation is 1. The van der Waals surface area contributed by atoms with Gasteiger partial charge in [0.2, 0.25) is 0 Å². The van der Waals surface area contributed by atoms with Crippen molar-refractivity contribution in [3.63, 3.8) is 0 Å². The maximum Gasteiger partial charge on any atom is 0.330 e. The quantitative estimate of drug-likeness (QED) is 0.662. The van der Waals surface area contributed by atoms with Crippen LogP contribution in [0.1, 0.15) is 16.1 Å². The van der Waals surface area contributed by atoms with Gasteiger partial charge in [0.15, 0.2) is 0 Å². The molecule has 0 saturated heterocycles. The van der Waals surface area contributed by atoms with Crippen LogP contribution in [0.5, 0.6) is 5.75 Å². The van der Waals surface area contributed by atoms with E-state index in [1.807, 2.05) is 0 Å². The summed E-state index contributed by atoms with van der Waals surface area (Å²) < 4.78 is 11.5. The maximum absolute atomic E-state index is 12.7. The first-order valence-electron chi connectivity index (χ1n) is 8.53. The summed E-state index contributed by atoms with van der Waals surface area (Å²) in [6.07, 6.45) is 0. The standard InChI is InChI=1S/C19H20N4O5/c1-11-14(17(24)21-12-5-4-6-13(9-12)28-3)10-15-16(20-11)23(7-8-27-2)19(26)22-18(15)25/h4-6,9-10H,7-8H2,1-3H3,(H,21,24)(H,22,25,26). The van der Waals surface area contributed by atoms with Gasteiger partial charge in [-0.2, -0.15) is 0 Å². The average molecular weight is 384 g/mol. The Morgan fingerprint density at radius 2 is 2.04 bits per heavy atom. The van der Waals surface area contributed by atoms with Gasteiger partial charge in [-0.05, 0) is 25.1 Å². The molecular formula is C19H20N4O5. The van der Waals surface area contributed by atoms with Crippen molar-refractivity contribution < 1.29 is 14.3 Å². The van der Waals surface area contributed by atoms with E-state index < -0.39 is 17.2 Å². The van der Waals surface area contributed by atoms with Crippen LogP contribution in [0.15, 0.2) is 39.9 Å². The Balaban J connectivity index is 2.04. The van der Waals surface area contributed by atoms with Crippen LogP contribution in [0, 0.1) is 6.92 Å². The summed E-state index contributed by atoms with van der Waals surface area (Å²) in [6.45, 7) is 2.15. The van der Waals surface area contributed by atoms with Gasteiger partial charge in [-0.3, -0.25) is 19.1 Å². The largest absolute Gasteiger partial charge is 0.497 e. The number of methoxy groups -OCH3 is 2. The van der Waals surface area contributed by atoms with Gasteiger partial charge in [-0.15, -0.1) is 0 Å². The van der Waals surface area contributed by atoms with E-state index in [1.165, 1.54) is 24.9 Å². The molecule has 3 aromatic rings. The summed E-state index contributed by atoms with van der Waals surface area (Å²) in [5, 5.41) is 2.91. The van der Waals surface area contributed by atoms with Gasteiger partial charge in [-0.25, -0.2) is 9.78 Å². The third kappa shape index (κ3) is 3.79. The van der Waals surface area contributed by atoms with Crippen LogP contribution in [0.4, 0.5) is 5.69 Å². The molecule has 9 heteroatoms. The molecule has 0 aliphatic rings. The van der Waals surface area contributed by atoms with Crippen LogP contribution >= 0.6 is 0 Å². The summed E-state index contributed by atoms with van der Waals surface area (Å²) in [4.78, 5) is 43.7. The molecule has 1 aromatic carbocycles. The minimum absolute atomic E-state index is 0.150. The normalized spacial score (nSPS) is 10.8. The lowest BCUT2D eigenvalue weighted by Crippen LogP contribution is -2.32. The number of fused-ring (bicyclic) bond motifs is 1. The molecule has 0 aliphatic carbocycles. The topological polar surface area (TPSA) is 115 Å². The number of ether oxygens (including phenoxy) is 2. The number of H-pyrrole nitrogens is 1. The van der Waals surface area contributed by atoms with Crippen molar-refractivity contribution in [1.82, 2.24) is 14.5 Å². The number of aromatic amines is 1. The van der Waals surface area contributed by atoms with E-state index in [9.17, 15) is 14.4 Å². The minimum atomic E-state index is -0.600. The molecule has 2 N–H and O–H groups in total. The Morgan fingerprint density at radius 1 is 1.25 bits per heavy atom. The lowest BCUT2D eigenvalue weighted by atomic mass is 10.1. The number of hydrogen-bond donors (Lipinski definition) is 2. The van der Waals surface area contributed by atoms with Crippen molar-refractivity contribution in [2.45, 2.75) is 13.5 Å². The maximum atomic E-state index is 12.7. The van der Waals surface area contributed by atoms with Crippen LogP contribution in [0.3, 0.4) is 0 Å². The molecule has 0 aliphatic heterocycles. The average Bonchev–Trinajstić information content (AvgIpc) is 2.67. The van der Waals surface area contributed by atoms with Crippen LogP contribution in [0.2, 0.25) is 0 Å². The number of anilines is 1.